The molecule has 2 atom stereocenters. The Labute approximate surface area is 123 Å². The summed E-state index contributed by atoms with van der Waals surface area (Å²) in [6.07, 6.45) is 3.99. The van der Waals surface area contributed by atoms with Gasteiger partial charge in [0.2, 0.25) is 5.91 Å². The minimum absolute atomic E-state index is 0.00681. The van der Waals surface area contributed by atoms with Crippen LogP contribution in [0.1, 0.15) is 12.8 Å². The number of hydrogen-bond acceptors (Lipinski definition) is 5. The van der Waals surface area contributed by atoms with Gasteiger partial charge in [-0.2, -0.15) is 0 Å². The van der Waals surface area contributed by atoms with E-state index in [0.29, 0.717) is 19.7 Å². The van der Waals surface area contributed by atoms with Gasteiger partial charge in [0.15, 0.2) is 0 Å². The van der Waals surface area contributed by atoms with E-state index < -0.39 is 0 Å². The topological polar surface area (TPSA) is 73.7 Å². The van der Waals surface area contributed by atoms with Crippen LogP contribution in [-0.4, -0.2) is 59.9 Å². The van der Waals surface area contributed by atoms with Crippen LogP contribution < -0.4 is 5.56 Å². The first-order chi connectivity index (χ1) is 10.2. The summed E-state index contributed by atoms with van der Waals surface area (Å²) < 4.78 is 11.9. The molecule has 1 fully saturated rings. The highest BCUT2D eigenvalue weighted by Gasteiger charge is 2.34. The van der Waals surface area contributed by atoms with E-state index in [2.05, 4.69) is 4.98 Å². The Morgan fingerprint density at radius 1 is 1.48 bits per heavy atom. The molecule has 0 bridgehead atoms. The van der Waals surface area contributed by atoms with Gasteiger partial charge < -0.3 is 14.4 Å². The number of amides is 1. The summed E-state index contributed by atoms with van der Waals surface area (Å²) in [4.78, 5) is 29.6. The van der Waals surface area contributed by atoms with Gasteiger partial charge in [0.1, 0.15) is 0 Å². The molecule has 2 heterocycles. The van der Waals surface area contributed by atoms with Crippen LogP contribution in [0.4, 0.5) is 0 Å². The van der Waals surface area contributed by atoms with E-state index in [1.807, 2.05) is 0 Å². The van der Waals surface area contributed by atoms with Gasteiger partial charge in [0.05, 0.1) is 25.1 Å². The Kier molecular flexibility index (Phi) is 5.46. The summed E-state index contributed by atoms with van der Waals surface area (Å²) in [5.74, 6) is 0.00681. The van der Waals surface area contributed by atoms with Crippen molar-refractivity contribution < 1.29 is 14.3 Å². The summed E-state index contributed by atoms with van der Waals surface area (Å²) in [6, 6.07) is 1.42. The zero-order chi connectivity index (χ0) is 15.2. The molecule has 0 unspecified atom stereocenters. The van der Waals surface area contributed by atoms with Crippen molar-refractivity contribution in [2.45, 2.75) is 31.5 Å². The Balaban J connectivity index is 1.95. The number of aromatic nitrogens is 2. The normalized spacial score (nSPS) is 21.7. The van der Waals surface area contributed by atoms with Gasteiger partial charge in [-0.25, -0.2) is 4.98 Å². The first-order valence-electron chi connectivity index (χ1n) is 6.97. The number of rotatable bonds is 6. The predicted octanol–water partition coefficient (Wildman–Crippen LogP) is -0.104. The van der Waals surface area contributed by atoms with Gasteiger partial charge in [-0.3, -0.25) is 14.2 Å². The monoisotopic (exact) mass is 295 g/mol. The van der Waals surface area contributed by atoms with Gasteiger partial charge in [0, 0.05) is 46.0 Å². The summed E-state index contributed by atoms with van der Waals surface area (Å²) in [7, 11) is 3.27. The third-order valence-corrected chi connectivity index (χ3v) is 3.75. The molecule has 7 heteroatoms. The number of methoxy groups -OCH3 is 2. The Hall–Kier alpha value is -1.73. The first-order valence-corrected chi connectivity index (χ1v) is 6.97. The average Bonchev–Trinajstić information content (AvgIpc) is 2.90. The molecule has 0 radical (unpaired) electrons. The van der Waals surface area contributed by atoms with Crippen molar-refractivity contribution in [2.24, 2.45) is 0 Å². The number of carbonyl (C=O) groups is 1. The molecule has 0 saturated carbocycles. The number of nitrogens with zero attached hydrogens (tertiary/aromatic N) is 3. The highest BCUT2D eigenvalue weighted by Crippen LogP contribution is 2.21. The van der Waals surface area contributed by atoms with Gasteiger partial charge in [-0.1, -0.05) is 0 Å². The maximum absolute atomic E-state index is 12.4. The van der Waals surface area contributed by atoms with E-state index in [4.69, 9.17) is 9.47 Å². The van der Waals surface area contributed by atoms with E-state index in [1.165, 1.54) is 23.2 Å². The van der Waals surface area contributed by atoms with Crippen LogP contribution in [0.2, 0.25) is 0 Å². The summed E-state index contributed by atoms with van der Waals surface area (Å²) in [5.41, 5.74) is -0.151. The van der Waals surface area contributed by atoms with Gasteiger partial charge in [-0.05, 0) is 6.42 Å². The molecular weight excluding hydrogens is 274 g/mol. The van der Waals surface area contributed by atoms with Crippen molar-refractivity contribution in [3.63, 3.8) is 0 Å². The first kappa shape index (κ1) is 15.7. The van der Waals surface area contributed by atoms with E-state index >= 15 is 0 Å². The molecular formula is C14H21N3O4. The third kappa shape index (κ3) is 3.89. The SMILES string of the molecule is COC[C@@H]1C[C@@H](OC)CN1C(=O)CCn1cnccc1=O. The van der Waals surface area contributed by atoms with Crippen LogP contribution in [0.15, 0.2) is 23.4 Å². The van der Waals surface area contributed by atoms with Gasteiger partial charge in [-0.15, -0.1) is 0 Å². The van der Waals surface area contributed by atoms with Crippen molar-refractivity contribution in [1.82, 2.24) is 14.5 Å². The minimum Gasteiger partial charge on any atom is -0.383 e. The molecule has 1 aromatic rings. The highest BCUT2D eigenvalue weighted by molar-refractivity contribution is 5.76. The second-order valence-electron chi connectivity index (χ2n) is 5.11. The molecule has 1 amide bonds. The summed E-state index contributed by atoms with van der Waals surface area (Å²) in [5, 5.41) is 0. The van der Waals surface area contributed by atoms with Crippen molar-refractivity contribution in [3.8, 4) is 0 Å². The van der Waals surface area contributed by atoms with Gasteiger partial charge in [0.25, 0.3) is 5.56 Å². The molecule has 0 aliphatic carbocycles. The fraction of sp³-hybridized carbons (Fsp3) is 0.643. The zero-order valence-corrected chi connectivity index (χ0v) is 12.4. The lowest BCUT2D eigenvalue weighted by Gasteiger charge is -2.23. The molecule has 0 N–H and O–H groups in total. The Bertz CT molecular complexity index is 531. The highest BCUT2D eigenvalue weighted by atomic mass is 16.5. The van der Waals surface area contributed by atoms with Crippen LogP contribution in [0.3, 0.4) is 0 Å². The molecule has 1 aromatic heterocycles. The van der Waals surface area contributed by atoms with E-state index in [-0.39, 0.29) is 30.0 Å². The summed E-state index contributed by atoms with van der Waals surface area (Å²) >= 11 is 0. The maximum Gasteiger partial charge on any atom is 0.253 e. The van der Waals surface area contributed by atoms with Crippen LogP contribution in [0, 0.1) is 0 Å². The molecule has 1 aliphatic heterocycles. The summed E-state index contributed by atoms with van der Waals surface area (Å²) in [6.45, 7) is 1.41. The molecule has 116 valence electrons. The molecule has 2 rings (SSSR count). The molecule has 0 spiro atoms. The lowest BCUT2D eigenvalue weighted by Crippen LogP contribution is -2.39. The van der Waals surface area contributed by atoms with E-state index in [1.54, 1.807) is 19.1 Å². The molecule has 7 nitrogen and oxygen atoms in total. The fourth-order valence-corrected chi connectivity index (χ4v) is 2.61. The van der Waals surface area contributed by atoms with Crippen molar-refractivity contribution >= 4 is 5.91 Å². The quantitative estimate of drug-likeness (QED) is 0.732. The van der Waals surface area contributed by atoms with Crippen LogP contribution in [0.25, 0.3) is 0 Å². The molecule has 0 aromatic carbocycles. The lowest BCUT2D eigenvalue weighted by atomic mass is 10.2. The van der Waals surface area contributed by atoms with Crippen LogP contribution >= 0.6 is 0 Å². The number of hydrogen-bond donors (Lipinski definition) is 0. The standard InChI is InChI=1S/C14H21N3O4/c1-20-9-11-7-12(21-2)8-17(11)14(19)4-6-16-10-15-5-3-13(16)18/h3,5,10-12H,4,6-9H2,1-2H3/t11-,12+/m0/s1. The smallest absolute Gasteiger partial charge is 0.253 e. The number of carbonyl (C=O) groups excluding carboxylic acids is 1. The van der Waals surface area contributed by atoms with Crippen molar-refractivity contribution in [2.75, 3.05) is 27.4 Å². The van der Waals surface area contributed by atoms with Crippen molar-refractivity contribution in [3.05, 3.63) is 28.9 Å². The second kappa shape index (κ2) is 7.33. The van der Waals surface area contributed by atoms with E-state index in [0.717, 1.165) is 6.42 Å². The Morgan fingerprint density at radius 2 is 2.29 bits per heavy atom. The van der Waals surface area contributed by atoms with Crippen LogP contribution in [0.5, 0.6) is 0 Å². The maximum atomic E-state index is 12.4. The number of likely N-dealkylation sites (tertiary alicyclic amines) is 1. The zero-order valence-electron chi connectivity index (χ0n) is 12.4. The van der Waals surface area contributed by atoms with Crippen molar-refractivity contribution in [1.29, 1.82) is 0 Å². The second-order valence-corrected chi connectivity index (χ2v) is 5.11. The van der Waals surface area contributed by atoms with E-state index in [9.17, 15) is 9.59 Å². The largest absolute Gasteiger partial charge is 0.383 e. The fourth-order valence-electron chi connectivity index (χ4n) is 2.61. The predicted molar refractivity (Wildman–Crippen MR) is 75.9 cm³/mol. The van der Waals surface area contributed by atoms with Crippen LogP contribution in [-0.2, 0) is 20.8 Å². The number of aryl methyl sites for hydroxylation is 1. The molecule has 1 saturated heterocycles. The third-order valence-electron chi connectivity index (χ3n) is 3.75. The Morgan fingerprint density at radius 3 is 2.95 bits per heavy atom. The lowest BCUT2D eigenvalue weighted by molar-refractivity contribution is -0.133. The average molecular weight is 295 g/mol. The van der Waals surface area contributed by atoms with Gasteiger partial charge >= 0.3 is 0 Å². The molecule has 1 aliphatic rings. The minimum atomic E-state index is -0.151. The molecule has 21 heavy (non-hydrogen) atoms. The number of ether oxygens (including phenoxy) is 2.